The van der Waals surface area contributed by atoms with Gasteiger partial charge >= 0.3 is 0 Å². The maximum absolute atomic E-state index is 13.6. The Morgan fingerprint density at radius 1 is 1.20 bits per heavy atom. The van der Waals surface area contributed by atoms with Crippen LogP contribution in [0.25, 0.3) is 0 Å². The van der Waals surface area contributed by atoms with Gasteiger partial charge in [-0.2, -0.15) is 5.10 Å². The molecule has 1 N–H and O–H groups in total. The Hall–Kier alpha value is -3.22. The van der Waals surface area contributed by atoms with Crippen LogP contribution >= 0.6 is 0 Å². The van der Waals surface area contributed by atoms with Gasteiger partial charge in [0.25, 0.3) is 0 Å². The van der Waals surface area contributed by atoms with Crippen LogP contribution in [0.3, 0.4) is 0 Å². The molecule has 0 radical (unpaired) electrons. The molecule has 0 aliphatic rings. The fourth-order valence-electron chi connectivity index (χ4n) is 2.29. The van der Waals surface area contributed by atoms with Crippen LogP contribution in [0.4, 0.5) is 10.1 Å². The van der Waals surface area contributed by atoms with E-state index in [2.05, 4.69) is 15.4 Å². The van der Waals surface area contributed by atoms with E-state index in [1.807, 2.05) is 0 Å². The first kappa shape index (κ1) is 16.6. The Kier molecular flexibility index (Phi) is 5.36. The van der Waals surface area contributed by atoms with Gasteiger partial charge in [0.15, 0.2) is 0 Å². The summed E-state index contributed by atoms with van der Waals surface area (Å²) in [5.74, 6) is -0.0449. The molecular weight excluding hydrogens is 323 g/mol. The number of hydrogen-bond acceptors (Lipinski definition) is 4. The van der Waals surface area contributed by atoms with Crippen LogP contribution in [-0.2, 0) is 17.8 Å². The maximum Gasteiger partial charge on any atom is 0.228 e. The van der Waals surface area contributed by atoms with Crippen LogP contribution < -0.4 is 10.1 Å². The average Bonchev–Trinajstić information content (AvgIpc) is 3.11. The predicted octanol–water partition coefficient (Wildman–Crippen LogP) is 2.68. The third-order valence-electron chi connectivity index (χ3n) is 3.48. The minimum atomic E-state index is -0.386. The molecule has 0 fully saturated rings. The normalized spacial score (nSPS) is 10.4. The van der Waals surface area contributed by atoms with E-state index in [0.29, 0.717) is 30.2 Å². The Morgan fingerprint density at radius 2 is 2.08 bits per heavy atom. The molecule has 0 spiro atoms. The SMILES string of the molecule is O=C(Cc1ccccc1F)Nc1cccc(OCCn2cncn2)c1. The van der Waals surface area contributed by atoms with Gasteiger partial charge in [0.2, 0.25) is 5.91 Å². The minimum Gasteiger partial charge on any atom is -0.492 e. The Labute approximate surface area is 144 Å². The molecule has 0 bridgehead atoms. The van der Waals surface area contributed by atoms with Crippen molar-refractivity contribution in [1.29, 1.82) is 0 Å². The molecule has 3 rings (SSSR count). The monoisotopic (exact) mass is 340 g/mol. The van der Waals surface area contributed by atoms with E-state index in [9.17, 15) is 9.18 Å². The second kappa shape index (κ2) is 8.05. The lowest BCUT2D eigenvalue weighted by Crippen LogP contribution is -2.15. The van der Waals surface area contributed by atoms with Crippen LogP contribution in [0.5, 0.6) is 5.75 Å². The Bertz CT molecular complexity index is 837. The van der Waals surface area contributed by atoms with Crippen LogP contribution in [0, 0.1) is 5.82 Å². The van der Waals surface area contributed by atoms with E-state index in [1.165, 1.54) is 12.4 Å². The van der Waals surface area contributed by atoms with Crippen LogP contribution in [0.15, 0.2) is 61.2 Å². The Balaban J connectivity index is 1.54. The molecule has 0 aliphatic heterocycles. The van der Waals surface area contributed by atoms with Crippen molar-refractivity contribution in [3.8, 4) is 5.75 Å². The molecule has 2 aromatic carbocycles. The lowest BCUT2D eigenvalue weighted by molar-refractivity contribution is -0.115. The molecule has 0 saturated heterocycles. The number of rotatable bonds is 7. The lowest BCUT2D eigenvalue weighted by atomic mass is 10.1. The number of carbonyl (C=O) groups is 1. The summed E-state index contributed by atoms with van der Waals surface area (Å²) in [6.45, 7) is 1.000. The summed E-state index contributed by atoms with van der Waals surface area (Å²) < 4.78 is 20.9. The van der Waals surface area contributed by atoms with Crippen LogP contribution in [0.1, 0.15) is 5.56 Å². The van der Waals surface area contributed by atoms with Gasteiger partial charge in [-0.05, 0) is 23.8 Å². The van der Waals surface area contributed by atoms with Gasteiger partial charge in [-0.3, -0.25) is 4.79 Å². The van der Waals surface area contributed by atoms with Gasteiger partial charge in [-0.25, -0.2) is 14.1 Å². The molecule has 6 nitrogen and oxygen atoms in total. The van der Waals surface area contributed by atoms with E-state index >= 15 is 0 Å². The highest BCUT2D eigenvalue weighted by atomic mass is 19.1. The molecule has 25 heavy (non-hydrogen) atoms. The van der Waals surface area contributed by atoms with Gasteiger partial charge in [-0.15, -0.1) is 0 Å². The van der Waals surface area contributed by atoms with Gasteiger partial charge in [0.1, 0.15) is 30.8 Å². The summed E-state index contributed by atoms with van der Waals surface area (Å²) in [5, 5.41) is 6.74. The molecule has 3 aromatic rings. The standard InChI is InChI=1S/C18H17FN4O2/c19-17-7-2-1-4-14(17)10-18(24)22-15-5-3-6-16(11-15)25-9-8-23-13-20-12-21-23/h1-7,11-13H,8-10H2,(H,22,24). The molecule has 128 valence electrons. The predicted molar refractivity (Wildman–Crippen MR) is 90.7 cm³/mol. The van der Waals surface area contributed by atoms with Crippen molar-refractivity contribution in [1.82, 2.24) is 14.8 Å². The number of ether oxygens (including phenoxy) is 1. The quantitative estimate of drug-likeness (QED) is 0.718. The van der Waals surface area contributed by atoms with Crippen molar-refractivity contribution >= 4 is 11.6 Å². The van der Waals surface area contributed by atoms with Crippen LogP contribution in [0.2, 0.25) is 0 Å². The molecule has 1 heterocycles. The average molecular weight is 340 g/mol. The van der Waals surface area contributed by atoms with Gasteiger partial charge in [0, 0.05) is 11.8 Å². The number of nitrogens with zero attached hydrogens (tertiary/aromatic N) is 3. The van der Waals surface area contributed by atoms with Gasteiger partial charge in [0.05, 0.1) is 13.0 Å². The summed E-state index contributed by atoms with van der Waals surface area (Å²) in [6, 6.07) is 13.3. The number of aromatic nitrogens is 3. The zero-order valence-corrected chi connectivity index (χ0v) is 13.4. The van der Waals surface area contributed by atoms with Crippen molar-refractivity contribution in [2.24, 2.45) is 0 Å². The number of halogens is 1. The molecular formula is C18H17FN4O2. The number of carbonyl (C=O) groups excluding carboxylic acids is 1. The van der Waals surface area contributed by atoms with Crippen molar-refractivity contribution in [2.75, 3.05) is 11.9 Å². The molecule has 1 aromatic heterocycles. The van der Waals surface area contributed by atoms with Crippen molar-refractivity contribution in [2.45, 2.75) is 13.0 Å². The van der Waals surface area contributed by atoms with Crippen molar-refractivity contribution in [3.63, 3.8) is 0 Å². The number of amides is 1. The highest BCUT2D eigenvalue weighted by molar-refractivity contribution is 5.92. The third-order valence-corrected chi connectivity index (χ3v) is 3.48. The number of anilines is 1. The first-order chi connectivity index (χ1) is 12.2. The molecule has 0 unspecified atom stereocenters. The molecule has 1 amide bonds. The number of benzene rings is 2. The first-order valence-corrected chi connectivity index (χ1v) is 7.79. The number of hydrogen-bond donors (Lipinski definition) is 1. The van der Waals surface area contributed by atoms with E-state index in [0.717, 1.165) is 0 Å². The summed E-state index contributed by atoms with van der Waals surface area (Å²) in [6.07, 6.45) is 3.05. The zero-order chi connectivity index (χ0) is 17.5. The van der Waals surface area contributed by atoms with E-state index in [4.69, 9.17) is 4.74 Å². The van der Waals surface area contributed by atoms with Crippen molar-refractivity contribution in [3.05, 3.63) is 72.6 Å². The largest absolute Gasteiger partial charge is 0.492 e. The molecule has 0 atom stereocenters. The number of nitrogens with one attached hydrogen (secondary N) is 1. The highest BCUT2D eigenvalue weighted by Crippen LogP contribution is 2.18. The van der Waals surface area contributed by atoms with Crippen LogP contribution in [-0.4, -0.2) is 27.3 Å². The van der Waals surface area contributed by atoms with Crippen molar-refractivity contribution < 1.29 is 13.9 Å². The first-order valence-electron chi connectivity index (χ1n) is 7.79. The summed E-state index contributed by atoms with van der Waals surface area (Å²) in [5.41, 5.74) is 0.958. The smallest absolute Gasteiger partial charge is 0.228 e. The fraction of sp³-hybridized carbons (Fsp3) is 0.167. The minimum absolute atomic E-state index is 0.0238. The highest BCUT2D eigenvalue weighted by Gasteiger charge is 2.08. The van der Waals surface area contributed by atoms with E-state index < -0.39 is 0 Å². The van der Waals surface area contributed by atoms with E-state index in [-0.39, 0.29) is 18.1 Å². The topological polar surface area (TPSA) is 69.0 Å². The van der Waals surface area contributed by atoms with E-state index in [1.54, 1.807) is 53.5 Å². The molecule has 0 aliphatic carbocycles. The van der Waals surface area contributed by atoms with Gasteiger partial charge < -0.3 is 10.1 Å². The summed E-state index contributed by atoms with van der Waals surface area (Å²) >= 11 is 0. The third kappa shape index (κ3) is 4.87. The second-order valence-corrected chi connectivity index (χ2v) is 5.35. The molecule has 0 saturated carbocycles. The Morgan fingerprint density at radius 3 is 2.88 bits per heavy atom. The van der Waals surface area contributed by atoms with Gasteiger partial charge in [-0.1, -0.05) is 24.3 Å². The molecule has 7 heteroatoms. The summed E-state index contributed by atoms with van der Waals surface area (Å²) in [7, 11) is 0. The zero-order valence-electron chi connectivity index (χ0n) is 13.4. The fourth-order valence-corrected chi connectivity index (χ4v) is 2.29. The lowest BCUT2D eigenvalue weighted by Gasteiger charge is -2.09. The summed E-state index contributed by atoms with van der Waals surface area (Å²) in [4.78, 5) is 15.9. The second-order valence-electron chi connectivity index (χ2n) is 5.35. The maximum atomic E-state index is 13.6.